The molecule has 1 aromatic carbocycles. The number of benzene rings is 1. The highest BCUT2D eigenvalue weighted by Gasteiger charge is 2.17. The van der Waals surface area contributed by atoms with Crippen molar-refractivity contribution in [3.63, 3.8) is 0 Å². The number of rotatable bonds is 7. The van der Waals surface area contributed by atoms with Crippen molar-refractivity contribution < 1.29 is 18.7 Å². The van der Waals surface area contributed by atoms with E-state index in [0.29, 0.717) is 17.3 Å². The zero-order valence-corrected chi connectivity index (χ0v) is 17.0. The SMILES string of the molecule is CC(C)[C@H](N)C(=O)NCC(=O)Nc1ccc(Oc2ccc(F)cc2)cn1.Cl.Cl. The molecule has 0 radical (unpaired) electrons. The Hall–Kier alpha value is -2.42. The van der Waals surface area contributed by atoms with Gasteiger partial charge in [-0.2, -0.15) is 0 Å². The third kappa shape index (κ3) is 8.08. The van der Waals surface area contributed by atoms with Crippen molar-refractivity contribution in [1.29, 1.82) is 0 Å². The Morgan fingerprint density at radius 2 is 1.71 bits per heavy atom. The van der Waals surface area contributed by atoms with Gasteiger partial charge in [0.2, 0.25) is 11.8 Å². The summed E-state index contributed by atoms with van der Waals surface area (Å²) in [7, 11) is 0. The van der Waals surface area contributed by atoms with E-state index in [1.807, 2.05) is 13.8 Å². The van der Waals surface area contributed by atoms with Crippen LogP contribution in [-0.4, -0.2) is 29.4 Å². The zero-order valence-electron chi connectivity index (χ0n) is 15.3. The van der Waals surface area contributed by atoms with Crippen LogP contribution in [0.1, 0.15) is 13.8 Å². The Balaban J connectivity index is 0.00000364. The van der Waals surface area contributed by atoms with Crippen molar-refractivity contribution in [3.05, 3.63) is 48.4 Å². The summed E-state index contributed by atoms with van der Waals surface area (Å²) in [4.78, 5) is 27.6. The number of nitrogens with two attached hydrogens (primary N) is 1. The van der Waals surface area contributed by atoms with Gasteiger partial charge >= 0.3 is 0 Å². The lowest BCUT2D eigenvalue weighted by Crippen LogP contribution is -2.46. The number of carbonyl (C=O) groups excluding carboxylic acids is 2. The fraction of sp³-hybridized carbons (Fsp3) is 0.278. The second kappa shape index (κ2) is 12.1. The predicted molar refractivity (Wildman–Crippen MR) is 110 cm³/mol. The lowest BCUT2D eigenvalue weighted by atomic mass is 10.1. The van der Waals surface area contributed by atoms with E-state index in [4.69, 9.17) is 10.5 Å². The first-order valence-corrected chi connectivity index (χ1v) is 8.08. The lowest BCUT2D eigenvalue weighted by molar-refractivity contribution is -0.125. The fourth-order valence-corrected chi connectivity index (χ4v) is 1.93. The maximum Gasteiger partial charge on any atom is 0.244 e. The molecule has 10 heteroatoms. The van der Waals surface area contributed by atoms with Crippen molar-refractivity contribution >= 4 is 42.4 Å². The number of nitrogens with zero attached hydrogens (tertiary/aromatic N) is 1. The first-order valence-electron chi connectivity index (χ1n) is 8.08. The highest BCUT2D eigenvalue weighted by molar-refractivity contribution is 5.94. The Morgan fingerprint density at radius 1 is 1.11 bits per heavy atom. The van der Waals surface area contributed by atoms with Gasteiger partial charge in [0.15, 0.2) is 0 Å². The molecule has 0 aliphatic carbocycles. The molecular weight excluding hydrogens is 410 g/mol. The van der Waals surface area contributed by atoms with Gasteiger partial charge in [-0.05, 0) is 42.3 Å². The van der Waals surface area contributed by atoms with Crippen molar-refractivity contribution in [1.82, 2.24) is 10.3 Å². The first-order chi connectivity index (χ1) is 12.3. The average Bonchev–Trinajstić information content (AvgIpc) is 2.62. The van der Waals surface area contributed by atoms with Crippen LogP contribution in [0.3, 0.4) is 0 Å². The first kappa shape index (κ1) is 25.6. The number of hydrogen-bond acceptors (Lipinski definition) is 5. The number of halogens is 3. The van der Waals surface area contributed by atoms with Crippen LogP contribution in [0.5, 0.6) is 11.5 Å². The van der Waals surface area contributed by atoms with Gasteiger partial charge in [-0.15, -0.1) is 24.8 Å². The van der Waals surface area contributed by atoms with Gasteiger partial charge in [-0.3, -0.25) is 9.59 Å². The van der Waals surface area contributed by atoms with Crippen LogP contribution in [0.25, 0.3) is 0 Å². The number of aromatic nitrogens is 1. The van der Waals surface area contributed by atoms with Crippen LogP contribution < -0.4 is 21.1 Å². The summed E-state index contributed by atoms with van der Waals surface area (Å²) in [6.07, 6.45) is 1.42. The minimum Gasteiger partial charge on any atom is -0.456 e. The van der Waals surface area contributed by atoms with Crippen LogP contribution in [0.2, 0.25) is 0 Å². The van der Waals surface area contributed by atoms with E-state index in [1.165, 1.54) is 30.5 Å². The topological polar surface area (TPSA) is 106 Å². The molecule has 0 saturated heterocycles. The Kier molecular flexibility index (Phi) is 11.1. The molecule has 1 aromatic heterocycles. The number of nitrogens with one attached hydrogen (secondary N) is 2. The molecule has 2 amide bonds. The molecule has 154 valence electrons. The van der Waals surface area contributed by atoms with Gasteiger partial charge in [0, 0.05) is 0 Å². The number of carbonyl (C=O) groups is 2. The lowest BCUT2D eigenvalue weighted by Gasteiger charge is -2.15. The van der Waals surface area contributed by atoms with Gasteiger partial charge in [-0.1, -0.05) is 13.8 Å². The summed E-state index contributed by atoms with van der Waals surface area (Å²) in [5.41, 5.74) is 5.70. The Morgan fingerprint density at radius 3 is 2.25 bits per heavy atom. The van der Waals surface area contributed by atoms with Crippen molar-refractivity contribution in [2.24, 2.45) is 11.7 Å². The molecule has 1 heterocycles. The van der Waals surface area contributed by atoms with E-state index < -0.39 is 11.9 Å². The van der Waals surface area contributed by atoms with Crippen LogP contribution >= 0.6 is 24.8 Å². The van der Waals surface area contributed by atoms with Gasteiger partial charge in [0.1, 0.15) is 23.1 Å². The number of amides is 2. The van der Waals surface area contributed by atoms with Gasteiger partial charge < -0.3 is 21.1 Å². The molecule has 0 saturated carbocycles. The van der Waals surface area contributed by atoms with Crippen molar-refractivity contribution in [2.75, 3.05) is 11.9 Å². The highest BCUT2D eigenvalue weighted by Crippen LogP contribution is 2.21. The summed E-state index contributed by atoms with van der Waals surface area (Å²) in [5, 5.41) is 5.03. The molecular formula is C18H23Cl2FN4O3. The largest absolute Gasteiger partial charge is 0.456 e. The molecule has 0 bridgehead atoms. The van der Waals surface area contributed by atoms with Gasteiger partial charge in [0.05, 0.1) is 18.8 Å². The third-order valence-electron chi connectivity index (χ3n) is 3.50. The number of ether oxygens (including phenoxy) is 1. The van der Waals surface area contributed by atoms with Crippen LogP contribution in [0, 0.1) is 11.7 Å². The highest BCUT2D eigenvalue weighted by atomic mass is 35.5. The Bertz CT molecular complexity index is 758. The Labute approximate surface area is 175 Å². The van der Waals surface area contributed by atoms with Crippen LogP contribution in [-0.2, 0) is 9.59 Å². The summed E-state index contributed by atoms with van der Waals surface area (Å²) in [6.45, 7) is 3.45. The smallest absolute Gasteiger partial charge is 0.244 e. The molecule has 0 spiro atoms. The van der Waals surface area contributed by atoms with E-state index in [-0.39, 0.29) is 49.0 Å². The van der Waals surface area contributed by atoms with E-state index in [0.717, 1.165) is 0 Å². The summed E-state index contributed by atoms with van der Waals surface area (Å²) >= 11 is 0. The average molecular weight is 433 g/mol. The zero-order chi connectivity index (χ0) is 19.1. The molecule has 0 fully saturated rings. The molecule has 4 N–H and O–H groups in total. The third-order valence-corrected chi connectivity index (χ3v) is 3.50. The normalized spacial score (nSPS) is 10.9. The van der Waals surface area contributed by atoms with Crippen LogP contribution in [0.15, 0.2) is 42.6 Å². The van der Waals surface area contributed by atoms with Gasteiger partial charge in [-0.25, -0.2) is 9.37 Å². The molecule has 1 atom stereocenters. The summed E-state index contributed by atoms with van der Waals surface area (Å²) in [6, 6.07) is 8.07. The molecule has 28 heavy (non-hydrogen) atoms. The number of anilines is 1. The maximum absolute atomic E-state index is 12.9. The summed E-state index contributed by atoms with van der Waals surface area (Å²) in [5.74, 6) is 0.0346. The standard InChI is InChI=1S/C18H21FN4O3.2ClH/c1-11(2)17(20)18(25)22-10-16(24)23-15-8-7-14(9-21-15)26-13-5-3-12(19)4-6-13;;/h3-9,11,17H,10,20H2,1-2H3,(H,22,25)(H,21,23,24);2*1H/t17-;;/m0../s1. The van der Waals surface area contributed by atoms with E-state index in [9.17, 15) is 14.0 Å². The number of hydrogen-bond donors (Lipinski definition) is 3. The molecule has 2 aromatic rings. The quantitative estimate of drug-likeness (QED) is 0.623. The van der Waals surface area contributed by atoms with Crippen molar-refractivity contribution in [2.45, 2.75) is 19.9 Å². The molecule has 0 aliphatic rings. The monoisotopic (exact) mass is 432 g/mol. The summed E-state index contributed by atoms with van der Waals surface area (Å²) < 4.78 is 18.4. The second-order valence-corrected chi connectivity index (χ2v) is 5.97. The molecule has 2 rings (SSSR count). The maximum atomic E-state index is 12.9. The number of pyridine rings is 1. The van der Waals surface area contributed by atoms with E-state index in [1.54, 1.807) is 12.1 Å². The second-order valence-electron chi connectivity index (χ2n) is 5.97. The minimum atomic E-state index is -0.663. The molecule has 0 aliphatic heterocycles. The fourth-order valence-electron chi connectivity index (χ4n) is 1.93. The van der Waals surface area contributed by atoms with Crippen molar-refractivity contribution in [3.8, 4) is 11.5 Å². The molecule has 0 unspecified atom stereocenters. The predicted octanol–water partition coefficient (Wildman–Crippen LogP) is 2.89. The van der Waals surface area contributed by atoms with Gasteiger partial charge in [0.25, 0.3) is 0 Å². The minimum absolute atomic E-state index is 0. The van der Waals surface area contributed by atoms with E-state index in [2.05, 4.69) is 15.6 Å². The van der Waals surface area contributed by atoms with E-state index >= 15 is 0 Å². The molecule has 7 nitrogen and oxygen atoms in total. The van der Waals surface area contributed by atoms with Crippen LogP contribution in [0.4, 0.5) is 10.2 Å².